The summed E-state index contributed by atoms with van der Waals surface area (Å²) < 4.78 is 0. The molecule has 0 spiro atoms. The zero-order chi connectivity index (χ0) is 11.2. The molecule has 1 aliphatic rings. The SMILES string of the molecule is SCCN1CCN(Cc2ccccn2)CC1. The number of hydrogen-bond donors (Lipinski definition) is 1. The maximum absolute atomic E-state index is 4.36. The Labute approximate surface area is 103 Å². The van der Waals surface area contributed by atoms with E-state index < -0.39 is 0 Å². The highest BCUT2D eigenvalue weighted by Gasteiger charge is 2.16. The minimum Gasteiger partial charge on any atom is -0.300 e. The summed E-state index contributed by atoms with van der Waals surface area (Å²) in [4.78, 5) is 9.30. The molecule has 0 bridgehead atoms. The second-order valence-corrected chi connectivity index (χ2v) is 4.61. The van der Waals surface area contributed by atoms with Gasteiger partial charge < -0.3 is 0 Å². The van der Waals surface area contributed by atoms with Crippen LogP contribution in [0.15, 0.2) is 24.4 Å². The lowest BCUT2D eigenvalue weighted by Gasteiger charge is -2.34. The zero-order valence-corrected chi connectivity index (χ0v) is 10.4. The number of pyridine rings is 1. The van der Waals surface area contributed by atoms with Crippen molar-refractivity contribution < 1.29 is 0 Å². The van der Waals surface area contributed by atoms with Crippen LogP contribution in [0.4, 0.5) is 0 Å². The van der Waals surface area contributed by atoms with E-state index in [0.717, 1.165) is 45.0 Å². The minimum absolute atomic E-state index is 0.959. The fraction of sp³-hybridized carbons (Fsp3) is 0.583. The van der Waals surface area contributed by atoms with Crippen LogP contribution < -0.4 is 0 Å². The summed E-state index contributed by atoms with van der Waals surface area (Å²) in [6, 6.07) is 6.12. The molecule has 88 valence electrons. The van der Waals surface area contributed by atoms with Crippen molar-refractivity contribution in [2.45, 2.75) is 6.54 Å². The van der Waals surface area contributed by atoms with Crippen molar-refractivity contribution in [1.29, 1.82) is 0 Å². The Balaban J connectivity index is 1.77. The van der Waals surface area contributed by atoms with Crippen LogP contribution in [0.3, 0.4) is 0 Å². The summed E-state index contributed by atoms with van der Waals surface area (Å²) in [5.41, 5.74) is 1.17. The van der Waals surface area contributed by atoms with Gasteiger partial charge in [-0.05, 0) is 12.1 Å². The maximum atomic E-state index is 4.36. The molecule has 1 aromatic heterocycles. The van der Waals surface area contributed by atoms with Gasteiger partial charge in [-0.2, -0.15) is 12.6 Å². The number of piperazine rings is 1. The Morgan fingerprint density at radius 1 is 1.12 bits per heavy atom. The van der Waals surface area contributed by atoms with Crippen LogP contribution in [0.5, 0.6) is 0 Å². The Morgan fingerprint density at radius 2 is 1.88 bits per heavy atom. The smallest absolute Gasteiger partial charge is 0.0543 e. The van der Waals surface area contributed by atoms with Gasteiger partial charge in [-0.1, -0.05) is 6.07 Å². The predicted octanol–water partition coefficient (Wildman–Crippen LogP) is 1.13. The van der Waals surface area contributed by atoms with Crippen molar-refractivity contribution >= 4 is 12.6 Å². The van der Waals surface area contributed by atoms with Gasteiger partial charge in [-0.3, -0.25) is 14.8 Å². The summed E-state index contributed by atoms with van der Waals surface area (Å²) in [5.74, 6) is 0.959. The van der Waals surface area contributed by atoms with Crippen LogP contribution in [0, 0.1) is 0 Å². The van der Waals surface area contributed by atoms with E-state index in [1.165, 1.54) is 5.69 Å². The molecule has 0 saturated carbocycles. The molecular weight excluding hydrogens is 218 g/mol. The molecule has 2 heterocycles. The van der Waals surface area contributed by atoms with E-state index in [9.17, 15) is 0 Å². The lowest BCUT2D eigenvalue weighted by molar-refractivity contribution is 0.132. The molecule has 0 atom stereocenters. The molecule has 1 fully saturated rings. The molecule has 0 amide bonds. The molecule has 1 saturated heterocycles. The van der Waals surface area contributed by atoms with Crippen LogP contribution in [0.25, 0.3) is 0 Å². The van der Waals surface area contributed by atoms with Gasteiger partial charge in [0.1, 0.15) is 0 Å². The maximum Gasteiger partial charge on any atom is 0.0543 e. The highest BCUT2D eigenvalue weighted by molar-refractivity contribution is 7.80. The Kier molecular flexibility index (Phi) is 4.63. The van der Waals surface area contributed by atoms with Crippen LogP contribution in [-0.2, 0) is 6.54 Å². The molecule has 16 heavy (non-hydrogen) atoms. The van der Waals surface area contributed by atoms with Crippen molar-refractivity contribution in [3.8, 4) is 0 Å². The summed E-state index contributed by atoms with van der Waals surface area (Å²) in [6.07, 6.45) is 1.87. The molecule has 3 nitrogen and oxygen atoms in total. The number of aromatic nitrogens is 1. The lowest BCUT2D eigenvalue weighted by Crippen LogP contribution is -2.46. The first-order valence-electron chi connectivity index (χ1n) is 5.84. The first-order chi connectivity index (χ1) is 7.88. The van der Waals surface area contributed by atoms with E-state index in [-0.39, 0.29) is 0 Å². The second kappa shape index (κ2) is 6.23. The van der Waals surface area contributed by atoms with E-state index in [1.54, 1.807) is 0 Å². The first-order valence-corrected chi connectivity index (χ1v) is 6.47. The number of nitrogens with zero attached hydrogens (tertiary/aromatic N) is 3. The Morgan fingerprint density at radius 3 is 2.50 bits per heavy atom. The van der Waals surface area contributed by atoms with Gasteiger partial charge in [0.15, 0.2) is 0 Å². The lowest BCUT2D eigenvalue weighted by atomic mass is 10.2. The summed E-state index contributed by atoms with van der Waals surface area (Å²) in [6.45, 7) is 6.70. The number of rotatable bonds is 4. The summed E-state index contributed by atoms with van der Waals surface area (Å²) >= 11 is 4.27. The highest BCUT2D eigenvalue weighted by Crippen LogP contribution is 2.06. The number of thiol groups is 1. The number of hydrogen-bond acceptors (Lipinski definition) is 4. The first kappa shape index (κ1) is 11.9. The average Bonchev–Trinajstić information content (AvgIpc) is 2.33. The molecule has 0 aromatic carbocycles. The third kappa shape index (κ3) is 3.47. The van der Waals surface area contributed by atoms with E-state index in [1.807, 2.05) is 12.3 Å². The standard InChI is InChI=1S/C12H19N3S/c16-10-9-14-5-7-15(8-6-14)11-12-3-1-2-4-13-12/h1-4,16H,5-11H2. The van der Waals surface area contributed by atoms with Gasteiger partial charge in [0.2, 0.25) is 0 Å². The normalized spacial score (nSPS) is 18.8. The van der Waals surface area contributed by atoms with Crippen LogP contribution in [-0.4, -0.2) is 53.3 Å². The molecule has 0 aliphatic carbocycles. The summed E-state index contributed by atoms with van der Waals surface area (Å²) in [5, 5.41) is 0. The quantitative estimate of drug-likeness (QED) is 0.792. The molecule has 0 unspecified atom stereocenters. The molecular formula is C12H19N3S. The fourth-order valence-corrected chi connectivity index (χ4v) is 2.32. The van der Waals surface area contributed by atoms with Crippen molar-refractivity contribution in [3.63, 3.8) is 0 Å². The molecule has 1 aliphatic heterocycles. The van der Waals surface area contributed by atoms with E-state index in [0.29, 0.717) is 0 Å². The Bertz CT molecular complexity index is 296. The monoisotopic (exact) mass is 237 g/mol. The van der Waals surface area contributed by atoms with Crippen molar-refractivity contribution in [2.75, 3.05) is 38.5 Å². The largest absolute Gasteiger partial charge is 0.300 e. The minimum atomic E-state index is 0.959. The van der Waals surface area contributed by atoms with Gasteiger partial charge in [-0.25, -0.2) is 0 Å². The molecule has 2 rings (SSSR count). The van der Waals surface area contributed by atoms with Gasteiger partial charge in [0.05, 0.1) is 5.69 Å². The van der Waals surface area contributed by atoms with Gasteiger partial charge in [0, 0.05) is 51.2 Å². The third-order valence-electron chi connectivity index (χ3n) is 2.99. The summed E-state index contributed by atoms with van der Waals surface area (Å²) in [7, 11) is 0. The molecule has 4 heteroatoms. The molecule has 1 aromatic rings. The van der Waals surface area contributed by atoms with Crippen LogP contribution >= 0.6 is 12.6 Å². The van der Waals surface area contributed by atoms with E-state index >= 15 is 0 Å². The van der Waals surface area contributed by atoms with E-state index in [4.69, 9.17) is 0 Å². The van der Waals surface area contributed by atoms with Crippen molar-refractivity contribution in [1.82, 2.24) is 14.8 Å². The Hall–Kier alpha value is -0.580. The zero-order valence-electron chi connectivity index (χ0n) is 9.55. The third-order valence-corrected chi connectivity index (χ3v) is 3.19. The van der Waals surface area contributed by atoms with Gasteiger partial charge >= 0.3 is 0 Å². The van der Waals surface area contributed by atoms with E-state index in [2.05, 4.69) is 39.5 Å². The van der Waals surface area contributed by atoms with Crippen molar-refractivity contribution in [2.24, 2.45) is 0 Å². The van der Waals surface area contributed by atoms with Crippen LogP contribution in [0.1, 0.15) is 5.69 Å². The van der Waals surface area contributed by atoms with Crippen LogP contribution in [0.2, 0.25) is 0 Å². The van der Waals surface area contributed by atoms with Gasteiger partial charge in [-0.15, -0.1) is 0 Å². The second-order valence-electron chi connectivity index (χ2n) is 4.16. The fourth-order valence-electron chi connectivity index (χ4n) is 2.03. The topological polar surface area (TPSA) is 19.4 Å². The van der Waals surface area contributed by atoms with Gasteiger partial charge in [0.25, 0.3) is 0 Å². The van der Waals surface area contributed by atoms with Crippen molar-refractivity contribution in [3.05, 3.63) is 30.1 Å². The molecule has 0 radical (unpaired) electrons. The average molecular weight is 237 g/mol. The molecule has 0 N–H and O–H groups in total. The predicted molar refractivity (Wildman–Crippen MR) is 69.8 cm³/mol. The highest BCUT2D eigenvalue weighted by atomic mass is 32.1.